The Balaban J connectivity index is 2.34. The van der Waals surface area contributed by atoms with Crippen LogP contribution in [0.25, 0.3) is 0 Å². The maximum absolute atomic E-state index is 4.84. The zero-order chi connectivity index (χ0) is 4.83. The minimum absolute atomic E-state index is 0.941. The molecule has 0 saturated heterocycles. The molecule has 0 aliphatic carbocycles. The van der Waals surface area contributed by atoms with E-state index >= 15 is 0 Å². The third kappa shape index (κ3) is 4.83. The van der Waals surface area contributed by atoms with Crippen molar-refractivity contribution >= 4 is 0 Å². The van der Waals surface area contributed by atoms with Crippen molar-refractivity contribution in [2.24, 2.45) is 0 Å². The zero-order valence-electron chi connectivity index (χ0n) is 4.11. The van der Waals surface area contributed by atoms with Gasteiger partial charge in [-0.05, 0) is 0 Å². The fraction of sp³-hybridized carbons (Fsp3) is 1.00. The van der Waals surface area contributed by atoms with E-state index in [1.165, 1.54) is 37.7 Å². The van der Waals surface area contributed by atoms with Crippen LogP contribution in [0.5, 0.6) is 0 Å². The first kappa shape index (κ1) is 6.83. The Kier molecular flexibility index (Phi) is 6.64. The van der Waals surface area contributed by atoms with Crippen LogP contribution < -0.4 is 0 Å². The molecule has 0 saturated carbocycles. The molecule has 0 amide bonds. The molecule has 0 heterocycles. The van der Waals surface area contributed by atoms with Gasteiger partial charge in [-0.1, -0.05) is 0 Å². The van der Waals surface area contributed by atoms with Crippen LogP contribution in [-0.2, 0) is 27.7 Å². The van der Waals surface area contributed by atoms with Crippen LogP contribution in [-0.4, -0.2) is 6.61 Å². The molecule has 0 bridgehead atoms. The van der Waals surface area contributed by atoms with Gasteiger partial charge in [0, 0.05) is 0 Å². The number of rotatable bonds is 3. The predicted molar refractivity (Wildman–Crippen MR) is 20.9 cm³/mol. The fourth-order valence-electron chi connectivity index (χ4n) is 0.228. The van der Waals surface area contributed by atoms with Crippen molar-refractivity contribution in [2.45, 2.75) is 19.8 Å². The summed E-state index contributed by atoms with van der Waals surface area (Å²) in [7, 11) is 0. The van der Waals surface area contributed by atoms with Crippen LogP contribution in [0.2, 0.25) is 0 Å². The van der Waals surface area contributed by atoms with E-state index in [1.54, 1.807) is 0 Å². The molecule has 0 fully saturated rings. The summed E-state index contributed by atoms with van der Waals surface area (Å²) in [6.07, 6.45) is 2.45. The summed E-state index contributed by atoms with van der Waals surface area (Å²) in [5.74, 6) is 0. The van der Waals surface area contributed by atoms with Gasteiger partial charge in [-0.15, -0.1) is 0 Å². The molecule has 0 aliphatic rings. The molecule has 0 unspecified atom stereocenters. The second-order valence-electron chi connectivity index (χ2n) is 1.22. The van der Waals surface area contributed by atoms with Gasteiger partial charge in [-0.25, -0.2) is 0 Å². The van der Waals surface area contributed by atoms with Gasteiger partial charge < -0.3 is 0 Å². The van der Waals surface area contributed by atoms with E-state index in [9.17, 15) is 0 Å². The van der Waals surface area contributed by atoms with Crippen molar-refractivity contribution in [3.8, 4) is 0 Å². The van der Waals surface area contributed by atoms with Crippen molar-refractivity contribution in [2.75, 3.05) is 6.61 Å². The SMILES string of the molecule is CCCC[O][Sc]. The molecule has 0 aromatic rings. The van der Waals surface area contributed by atoms with Crippen LogP contribution in [0.3, 0.4) is 0 Å². The summed E-state index contributed by atoms with van der Waals surface area (Å²) in [4.78, 5) is 0. The Morgan fingerprint density at radius 3 is 2.50 bits per heavy atom. The number of hydrogen-bond acceptors (Lipinski definition) is 1. The maximum atomic E-state index is 4.84. The average Bonchev–Trinajstić information content (AvgIpc) is 1.61. The molecule has 0 aromatic carbocycles. The third-order valence-corrected chi connectivity index (χ3v) is 0.984. The standard InChI is InChI=1S/C4H9O.Sc/c1-2-3-4-5;/h2-4H2,1H3;/q-1;+1. The second kappa shape index (κ2) is 5.83. The van der Waals surface area contributed by atoms with Crippen molar-refractivity contribution in [3.63, 3.8) is 0 Å². The summed E-state index contributed by atoms with van der Waals surface area (Å²) < 4.78 is 4.84. The molecule has 0 radical (unpaired) electrons. The van der Waals surface area contributed by atoms with E-state index in [-0.39, 0.29) is 0 Å². The summed E-state index contributed by atoms with van der Waals surface area (Å²) in [6.45, 7) is 3.10. The molecule has 0 atom stereocenters. The molecule has 34 valence electrons. The fourth-order valence-corrected chi connectivity index (χ4v) is 0.488. The van der Waals surface area contributed by atoms with E-state index in [1.807, 2.05) is 0 Å². The molecular weight excluding hydrogens is 109 g/mol. The van der Waals surface area contributed by atoms with Crippen LogP contribution in [0.15, 0.2) is 0 Å². The van der Waals surface area contributed by atoms with E-state index in [2.05, 4.69) is 6.92 Å². The molecule has 2 heteroatoms. The van der Waals surface area contributed by atoms with E-state index in [0.717, 1.165) is 6.61 Å². The Morgan fingerprint density at radius 2 is 2.33 bits per heavy atom. The minimum atomic E-state index is 0.941. The molecule has 0 aliphatic heterocycles. The zero-order valence-corrected chi connectivity index (χ0v) is 5.91. The predicted octanol–water partition coefficient (Wildman–Crippen LogP) is 1.26. The third-order valence-electron chi connectivity index (χ3n) is 0.616. The van der Waals surface area contributed by atoms with Gasteiger partial charge in [0.1, 0.15) is 0 Å². The number of hydrogen-bond donors (Lipinski definition) is 0. The van der Waals surface area contributed by atoms with E-state index < -0.39 is 0 Å². The second-order valence-corrected chi connectivity index (χ2v) is 1.74. The Morgan fingerprint density at radius 1 is 1.67 bits per heavy atom. The summed E-state index contributed by atoms with van der Waals surface area (Å²) in [5, 5.41) is 0. The molecule has 0 N–H and O–H groups in total. The van der Waals surface area contributed by atoms with Crippen molar-refractivity contribution in [1.29, 1.82) is 0 Å². The van der Waals surface area contributed by atoms with Crippen LogP contribution >= 0.6 is 0 Å². The first-order valence-electron chi connectivity index (χ1n) is 2.23. The summed E-state index contributed by atoms with van der Waals surface area (Å²) >= 11 is 1.36. The first-order valence-corrected chi connectivity index (χ1v) is 2.97. The van der Waals surface area contributed by atoms with Gasteiger partial charge in [-0.2, -0.15) is 0 Å². The van der Waals surface area contributed by atoms with Crippen molar-refractivity contribution < 1.29 is 27.7 Å². The Bertz CT molecular complexity index is 19.5. The van der Waals surface area contributed by atoms with Gasteiger partial charge in [0.2, 0.25) is 0 Å². The Hall–Kier alpha value is 0.830. The summed E-state index contributed by atoms with van der Waals surface area (Å²) in [5.41, 5.74) is 0. The summed E-state index contributed by atoms with van der Waals surface area (Å²) in [6, 6.07) is 0. The molecule has 0 rings (SSSR count). The Labute approximate surface area is 54.3 Å². The van der Waals surface area contributed by atoms with Crippen LogP contribution in [0.1, 0.15) is 19.8 Å². The molecule has 0 aromatic heterocycles. The van der Waals surface area contributed by atoms with Gasteiger partial charge in [0.15, 0.2) is 0 Å². The molecule has 1 nitrogen and oxygen atoms in total. The van der Waals surface area contributed by atoms with Gasteiger partial charge in [0.05, 0.1) is 0 Å². The number of unbranched alkanes of at least 4 members (excludes halogenated alkanes) is 1. The van der Waals surface area contributed by atoms with Crippen molar-refractivity contribution in [3.05, 3.63) is 0 Å². The van der Waals surface area contributed by atoms with Crippen molar-refractivity contribution in [1.82, 2.24) is 0 Å². The normalized spacial score (nSPS) is 8.67. The van der Waals surface area contributed by atoms with E-state index in [4.69, 9.17) is 2.85 Å². The van der Waals surface area contributed by atoms with Crippen LogP contribution in [0, 0.1) is 0 Å². The van der Waals surface area contributed by atoms with Gasteiger partial charge in [0.25, 0.3) is 0 Å². The van der Waals surface area contributed by atoms with E-state index in [0.29, 0.717) is 0 Å². The topological polar surface area (TPSA) is 9.23 Å². The van der Waals surface area contributed by atoms with Gasteiger partial charge in [-0.3, -0.25) is 0 Å². The molecule has 0 spiro atoms. The molecule has 6 heavy (non-hydrogen) atoms. The van der Waals surface area contributed by atoms with Crippen LogP contribution in [0.4, 0.5) is 0 Å². The molecular formula is C4H9OSc. The monoisotopic (exact) mass is 118 g/mol. The van der Waals surface area contributed by atoms with Gasteiger partial charge >= 0.3 is 54.0 Å². The first-order chi connectivity index (χ1) is 2.91. The average molecular weight is 118 g/mol. The quantitative estimate of drug-likeness (QED) is 0.507.